The van der Waals surface area contributed by atoms with E-state index in [1.165, 1.54) is 11.1 Å². The number of aryl methyl sites for hydroxylation is 1. The van der Waals surface area contributed by atoms with Gasteiger partial charge in [0.2, 0.25) is 11.8 Å². The Morgan fingerprint density at radius 1 is 1.30 bits per heavy atom. The van der Waals surface area contributed by atoms with E-state index in [-0.39, 0.29) is 25.0 Å². The molecule has 0 bridgehead atoms. The highest BCUT2D eigenvalue weighted by Crippen LogP contribution is 2.30. The van der Waals surface area contributed by atoms with E-state index in [1.54, 1.807) is 4.90 Å². The molecule has 0 heterocycles. The Labute approximate surface area is 138 Å². The van der Waals surface area contributed by atoms with Crippen molar-refractivity contribution >= 4 is 11.8 Å². The molecule has 2 amide bonds. The lowest BCUT2D eigenvalue weighted by atomic mass is 9.83. The number of carbonyl (C=O) groups excluding carboxylic acids is 2. The van der Waals surface area contributed by atoms with Crippen molar-refractivity contribution in [1.82, 2.24) is 10.2 Å². The Bertz CT molecular complexity index is 557. The predicted molar refractivity (Wildman–Crippen MR) is 91.0 cm³/mol. The Morgan fingerprint density at radius 3 is 2.74 bits per heavy atom. The summed E-state index contributed by atoms with van der Waals surface area (Å²) in [6.45, 7) is 4.87. The van der Waals surface area contributed by atoms with Crippen molar-refractivity contribution < 1.29 is 9.59 Å². The molecule has 1 aromatic rings. The smallest absolute Gasteiger partial charge is 0.234 e. The first-order valence-corrected chi connectivity index (χ1v) is 8.34. The summed E-state index contributed by atoms with van der Waals surface area (Å²) >= 11 is 0. The minimum absolute atomic E-state index is 0.0528. The van der Waals surface area contributed by atoms with Crippen molar-refractivity contribution in [3.05, 3.63) is 35.4 Å². The van der Waals surface area contributed by atoms with E-state index in [4.69, 9.17) is 5.73 Å². The zero-order valence-electron chi connectivity index (χ0n) is 14.0. The van der Waals surface area contributed by atoms with Gasteiger partial charge in [0.25, 0.3) is 0 Å². The molecule has 0 aliphatic heterocycles. The quantitative estimate of drug-likeness (QED) is 0.798. The number of primary amides is 1. The Balaban J connectivity index is 1.88. The van der Waals surface area contributed by atoms with Crippen molar-refractivity contribution in [2.75, 3.05) is 19.6 Å². The van der Waals surface area contributed by atoms with Crippen LogP contribution in [0.2, 0.25) is 0 Å². The molecule has 3 N–H and O–H groups in total. The van der Waals surface area contributed by atoms with Crippen LogP contribution < -0.4 is 11.1 Å². The topological polar surface area (TPSA) is 75.4 Å². The number of nitrogens with zero attached hydrogens (tertiary/aromatic N) is 1. The lowest BCUT2D eigenvalue weighted by Gasteiger charge is -2.27. The summed E-state index contributed by atoms with van der Waals surface area (Å²) in [6.07, 6.45) is 3.39. The Hall–Kier alpha value is -1.88. The summed E-state index contributed by atoms with van der Waals surface area (Å²) in [5.41, 5.74) is 8.00. The number of rotatable bonds is 7. The summed E-state index contributed by atoms with van der Waals surface area (Å²) in [5.74, 6) is -0.0803. The van der Waals surface area contributed by atoms with Gasteiger partial charge >= 0.3 is 0 Å². The van der Waals surface area contributed by atoms with Crippen LogP contribution in [0.3, 0.4) is 0 Å². The highest BCUT2D eigenvalue weighted by Gasteiger charge is 2.21. The molecule has 1 aliphatic carbocycles. The summed E-state index contributed by atoms with van der Waals surface area (Å²) in [5, 5.41) is 3.02. The molecular formula is C18H27N3O2. The Kier molecular flexibility index (Phi) is 6.16. The van der Waals surface area contributed by atoms with Crippen LogP contribution in [0.4, 0.5) is 0 Å². The lowest BCUT2D eigenvalue weighted by molar-refractivity contribution is -0.124. The lowest BCUT2D eigenvalue weighted by Crippen LogP contribution is -2.45. The van der Waals surface area contributed by atoms with Crippen LogP contribution in [0.5, 0.6) is 0 Å². The van der Waals surface area contributed by atoms with Crippen molar-refractivity contribution in [3.63, 3.8) is 0 Å². The predicted octanol–water partition coefficient (Wildman–Crippen LogP) is 1.42. The minimum atomic E-state index is -0.410. The average molecular weight is 317 g/mol. The Morgan fingerprint density at radius 2 is 2.04 bits per heavy atom. The molecule has 0 saturated heterocycles. The van der Waals surface area contributed by atoms with Crippen LogP contribution in [0.25, 0.3) is 0 Å². The second-order valence-corrected chi connectivity index (χ2v) is 6.56. The second kappa shape index (κ2) is 8.11. The van der Waals surface area contributed by atoms with Crippen LogP contribution in [-0.2, 0) is 16.0 Å². The fraction of sp³-hybridized carbons (Fsp3) is 0.556. The van der Waals surface area contributed by atoms with Gasteiger partial charge in [0, 0.05) is 18.5 Å². The normalized spacial score (nSPS) is 17.1. The van der Waals surface area contributed by atoms with Gasteiger partial charge in [0.05, 0.1) is 13.1 Å². The summed E-state index contributed by atoms with van der Waals surface area (Å²) in [6, 6.07) is 8.58. The van der Waals surface area contributed by atoms with E-state index in [9.17, 15) is 9.59 Å². The van der Waals surface area contributed by atoms with Gasteiger partial charge in [-0.3, -0.25) is 14.5 Å². The third-order valence-electron chi connectivity index (χ3n) is 4.48. The van der Waals surface area contributed by atoms with Crippen molar-refractivity contribution in [2.24, 2.45) is 5.73 Å². The molecule has 0 fully saturated rings. The molecule has 126 valence electrons. The number of benzene rings is 1. The van der Waals surface area contributed by atoms with Gasteiger partial charge in [-0.1, -0.05) is 24.3 Å². The van der Waals surface area contributed by atoms with Gasteiger partial charge in [0.1, 0.15) is 0 Å². The van der Waals surface area contributed by atoms with Gasteiger partial charge in [-0.2, -0.15) is 0 Å². The molecule has 0 radical (unpaired) electrons. The van der Waals surface area contributed by atoms with Gasteiger partial charge in [-0.15, -0.1) is 0 Å². The fourth-order valence-corrected chi connectivity index (χ4v) is 3.17. The van der Waals surface area contributed by atoms with Crippen molar-refractivity contribution in [3.8, 4) is 0 Å². The van der Waals surface area contributed by atoms with E-state index in [2.05, 4.69) is 29.6 Å². The SMILES string of the molecule is CC(C)N(CC(N)=O)CC(=O)NC[C@@H]1CCCc2ccccc21. The molecule has 0 unspecified atom stereocenters. The largest absolute Gasteiger partial charge is 0.369 e. The molecule has 23 heavy (non-hydrogen) atoms. The molecule has 1 aliphatic rings. The van der Waals surface area contributed by atoms with E-state index in [0.717, 1.165) is 19.3 Å². The monoisotopic (exact) mass is 317 g/mol. The summed E-state index contributed by atoms with van der Waals surface area (Å²) in [7, 11) is 0. The molecule has 2 rings (SSSR count). The van der Waals surface area contributed by atoms with Crippen molar-refractivity contribution in [1.29, 1.82) is 0 Å². The molecule has 0 aromatic heterocycles. The van der Waals surface area contributed by atoms with Crippen molar-refractivity contribution in [2.45, 2.75) is 45.1 Å². The molecule has 5 heteroatoms. The fourth-order valence-electron chi connectivity index (χ4n) is 3.17. The summed E-state index contributed by atoms with van der Waals surface area (Å²) < 4.78 is 0. The first-order valence-electron chi connectivity index (χ1n) is 8.34. The maximum atomic E-state index is 12.2. The van der Waals surface area contributed by atoms with E-state index in [0.29, 0.717) is 12.5 Å². The second-order valence-electron chi connectivity index (χ2n) is 6.56. The van der Waals surface area contributed by atoms with Crippen LogP contribution in [0.15, 0.2) is 24.3 Å². The van der Waals surface area contributed by atoms with Crippen LogP contribution in [0, 0.1) is 0 Å². The van der Waals surface area contributed by atoms with Gasteiger partial charge in [0.15, 0.2) is 0 Å². The third-order valence-corrected chi connectivity index (χ3v) is 4.48. The molecule has 1 aromatic carbocycles. The maximum absolute atomic E-state index is 12.2. The first kappa shape index (κ1) is 17.5. The molecule has 5 nitrogen and oxygen atoms in total. The van der Waals surface area contributed by atoms with Gasteiger partial charge in [-0.25, -0.2) is 0 Å². The van der Waals surface area contributed by atoms with Crippen LogP contribution >= 0.6 is 0 Å². The molecule has 0 spiro atoms. The number of amides is 2. The van der Waals surface area contributed by atoms with E-state index >= 15 is 0 Å². The first-order chi connectivity index (χ1) is 11.0. The van der Waals surface area contributed by atoms with Crippen LogP contribution in [0.1, 0.15) is 43.7 Å². The average Bonchev–Trinajstić information content (AvgIpc) is 2.51. The zero-order valence-corrected chi connectivity index (χ0v) is 14.0. The zero-order chi connectivity index (χ0) is 16.8. The highest BCUT2D eigenvalue weighted by molar-refractivity contribution is 5.80. The highest BCUT2D eigenvalue weighted by atomic mass is 16.2. The standard InChI is InChI=1S/C18H27N3O2/c1-13(2)21(11-17(19)22)12-18(23)20-10-15-8-5-7-14-6-3-4-9-16(14)15/h3-4,6,9,13,15H,5,7-8,10-12H2,1-2H3,(H2,19,22)(H,20,23)/t15-/m0/s1. The number of hydrogen-bond acceptors (Lipinski definition) is 3. The molecular weight excluding hydrogens is 290 g/mol. The van der Waals surface area contributed by atoms with Gasteiger partial charge < -0.3 is 11.1 Å². The summed E-state index contributed by atoms with van der Waals surface area (Å²) in [4.78, 5) is 25.1. The van der Waals surface area contributed by atoms with Gasteiger partial charge in [-0.05, 0) is 44.2 Å². The number of hydrogen-bond donors (Lipinski definition) is 2. The minimum Gasteiger partial charge on any atom is -0.369 e. The molecule has 0 saturated carbocycles. The maximum Gasteiger partial charge on any atom is 0.234 e. The van der Waals surface area contributed by atoms with E-state index in [1.807, 2.05) is 13.8 Å². The number of nitrogens with one attached hydrogen (secondary N) is 1. The molecule has 1 atom stereocenters. The third kappa shape index (κ3) is 5.06. The number of nitrogens with two attached hydrogens (primary N) is 1. The van der Waals surface area contributed by atoms with E-state index < -0.39 is 5.91 Å². The number of fused-ring (bicyclic) bond motifs is 1. The number of carbonyl (C=O) groups is 2. The van der Waals surface area contributed by atoms with Crippen LogP contribution in [-0.4, -0.2) is 42.4 Å².